The molecular formula is C9H9FN2. The minimum Gasteiger partial charge on any atom is -0.399 e. The van der Waals surface area contributed by atoms with Gasteiger partial charge in [0.2, 0.25) is 0 Å². The van der Waals surface area contributed by atoms with Crippen molar-refractivity contribution >= 4 is 5.71 Å². The predicted molar refractivity (Wildman–Crippen MR) is 47.4 cm³/mol. The highest BCUT2D eigenvalue weighted by atomic mass is 19.1. The fraction of sp³-hybridized carbons (Fsp3) is 0.222. The van der Waals surface area contributed by atoms with Crippen molar-refractivity contribution in [3.05, 3.63) is 23.9 Å². The van der Waals surface area contributed by atoms with E-state index in [4.69, 9.17) is 12.2 Å². The number of terminal acetylenes is 1. The third-order valence-corrected chi connectivity index (χ3v) is 1.42. The molecule has 0 aromatic heterocycles. The molecule has 2 N–H and O–H groups in total. The van der Waals surface area contributed by atoms with Crippen LogP contribution in [0.1, 0.15) is 0 Å². The van der Waals surface area contributed by atoms with Gasteiger partial charge in [0.15, 0.2) is 6.17 Å². The molecule has 1 aliphatic carbocycles. The highest BCUT2D eigenvalue weighted by Crippen LogP contribution is 2.08. The Hall–Kier alpha value is -1.56. The maximum absolute atomic E-state index is 12.7. The summed E-state index contributed by atoms with van der Waals surface area (Å²) >= 11 is 0. The first-order valence-corrected chi connectivity index (χ1v) is 3.51. The summed E-state index contributed by atoms with van der Waals surface area (Å²) in [4.78, 5) is 3.96. The zero-order chi connectivity index (χ0) is 8.97. The van der Waals surface area contributed by atoms with Gasteiger partial charge in [-0.25, -0.2) is 4.39 Å². The van der Waals surface area contributed by atoms with Gasteiger partial charge < -0.3 is 5.73 Å². The van der Waals surface area contributed by atoms with Crippen molar-refractivity contribution in [2.75, 3.05) is 6.54 Å². The number of rotatable bonds is 1. The quantitative estimate of drug-likeness (QED) is 0.572. The maximum atomic E-state index is 12.7. The Morgan fingerprint density at radius 1 is 1.75 bits per heavy atom. The first kappa shape index (κ1) is 8.54. The van der Waals surface area contributed by atoms with Gasteiger partial charge in [0.1, 0.15) is 6.54 Å². The monoisotopic (exact) mass is 164 g/mol. The molecule has 0 fully saturated rings. The van der Waals surface area contributed by atoms with Crippen LogP contribution >= 0.6 is 0 Å². The molecule has 0 spiro atoms. The second-order valence-corrected chi connectivity index (χ2v) is 2.35. The summed E-state index contributed by atoms with van der Waals surface area (Å²) in [5.74, 6) is 2.36. The first-order chi connectivity index (χ1) is 5.74. The fourth-order valence-electron chi connectivity index (χ4n) is 0.828. The summed E-state index contributed by atoms with van der Waals surface area (Å²) in [6, 6.07) is 0. The molecule has 0 radical (unpaired) electrons. The Bertz CT molecular complexity index is 294. The molecule has 0 aromatic rings. The largest absolute Gasteiger partial charge is 0.399 e. The lowest BCUT2D eigenvalue weighted by molar-refractivity contribution is 0.446. The molecule has 3 heteroatoms. The molecule has 1 rings (SSSR count). The van der Waals surface area contributed by atoms with Gasteiger partial charge in [0.25, 0.3) is 0 Å². The number of nitrogens with zero attached hydrogens (tertiary/aromatic N) is 1. The molecule has 1 atom stereocenters. The van der Waals surface area contributed by atoms with Gasteiger partial charge >= 0.3 is 0 Å². The van der Waals surface area contributed by atoms with E-state index in [0.29, 0.717) is 12.3 Å². The Labute approximate surface area is 70.7 Å². The third-order valence-electron chi connectivity index (χ3n) is 1.42. The summed E-state index contributed by atoms with van der Waals surface area (Å²) in [5.41, 5.74) is 6.14. The lowest BCUT2D eigenvalue weighted by Gasteiger charge is -2.08. The zero-order valence-corrected chi connectivity index (χ0v) is 6.50. The van der Waals surface area contributed by atoms with E-state index in [1.165, 1.54) is 12.2 Å². The van der Waals surface area contributed by atoms with Crippen LogP contribution in [0.5, 0.6) is 0 Å². The summed E-state index contributed by atoms with van der Waals surface area (Å²) in [6.07, 6.45) is 8.22. The number of alkyl halides is 1. The number of hydrogen-bond donors (Lipinski definition) is 1. The van der Waals surface area contributed by atoms with Crippen molar-refractivity contribution in [2.45, 2.75) is 6.17 Å². The van der Waals surface area contributed by atoms with Crippen molar-refractivity contribution in [1.29, 1.82) is 0 Å². The molecule has 0 saturated carbocycles. The predicted octanol–water partition coefficient (Wildman–Crippen LogP) is 0.811. The van der Waals surface area contributed by atoms with Crippen molar-refractivity contribution < 1.29 is 4.39 Å². The van der Waals surface area contributed by atoms with Crippen molar-refractivity contribution in [3.63, 3.8) is 0 Å². The Morgan fingerprint density at radius 2 is 2.50 bits per heavy atom. The molecule has 2 nitrogen and oxygen atoms in total. The second kappa shape index (κ2) is 3.72. The third kappa shape index (κ3) is 1.96. The maximum Gasteiger partial charge on any atom is 0.158 e. The Morgan fingerprint density at radius 3 is 3.08 bits per heavy atom. The molecule has 1 aliphatic rings. The molecule has 1 unspecified atom stereocenters. The topological polar surface area (TPSA) is 38.4 Å². The molecule has 0 bridgehead atoms. The van der Waals surface area contributed by atoms with Crippen LogP contribution in [-0.4, -0.2) is 18.4 Å². The van der Waals surface area contributed by atoms with E-state index in [1.54, 1.807) is 6.08 Å². The minimum atomic E-state index is -1.19. The van der Waals surface area contributed by atoms with Crippen LogP contribution in [0, 0.1) is 12.3 Å². The summed E-state index contributed by atoms with van der Waals surface area (Å²) in [6.45, 7) is 0.292. The van der Waals surface area contributed by atoms with Gasteiger partial charge in [-0.2, -0.15) is 0 Å². The number of hydrogen-bond acceptors (Lipinski definition) is 2. The SMILES string of the molecule is C#CCN=C1C=CC(F)C(N)=C1. The first-order valence-electron chi connectivity index (χ1n) is 3.51. The second-order valence-electron chi connectivity index (χ2n) is 2.35. The van der Waals surface area contributed by atoms with Crippen LogP contribution in [0.25, 0.3) is 0 Å². The molecule has 0 aromatic carbocycles. The van der Waals surface area contributed by atoms with Crippen LogP contribution in [0.15, 0.2) is 28.9 Å². The molecule has 0 amide bonds. The molecule has 62 valence electrons. The van der Waals surface area contributed by atoms with E-state index in [2.05, 4.69) is 10.9 Å². The van der Waals surface area contributed by atoms with Gasteiger partial charge in [-0.05, 0) is 18.2 Å². The average Bonchev–Trinajstić information content (AvgIpc) is 2.07. The smallest absolute Gasteiger partial charge is 0.158 e. The van der Waals surface area contributed by atoms with Gasteiger partial charge in [-0.15, -0.1) is 6.42 Å². The highest BCUT2D eigenvalue weighted by molar-refractivity contribution is 6.05. The molecular weight excluding hydrogens is 155 g/mol. The van der Waals surface area contributed by atoms with Crippen LogP contribution in [0.4, 0.5) is 4.39 Å². The van der Waals surface area contributed by atoms with Crippen LogP contribution in [0.2, 0.25) is 0 Å². The van der Waals surface area contributed by atoms with E-state index in [9.17, 15) is 4.39 Å². The Balaban J connectivity index is 2.73. The van der Waals surface area contributed by atoms with Gasteiger partial charge in [-0.1, -0.05) is 5.92 Å². The summed E-state index contributed by atoms with van der Waals surface area (Å²) in [7, 11) is 0. The van der Waals surface area contributed by atoms with Crippen LogP contribution < -0.4 is 5.73 Å². The average molecular weight is 164 g/mol. The van der Waals surface area contributed by atoms with Gasteiger partial charge in [-0.3, -0.25) is 4.99 Å². The Kier molecular flexibility index (Phi) is 2.65. The van der Waals surface area contributed by atoms with Crippen molar-refractivity contribution in [1.82, 2.24) is 0 Å². The van der Waals surface area contributed by atoms with Gasteiger partial charge in [0, 0.05) is 5.70 Å². The van der Waals surface area contributed by atoms with Crippen molar-refractivity contribution in [3.8, 4) is 12.3 Å². The number of nitrogens with two attached hydrogens (primary N) is 1. The van der Waals surface area contributed by atoms with E-state index in [1.807, 2.05) is 0 Å². The number of halogens is 1. The van der Waals surface area contributed by atoms with E-state index in [-0.39, 0.29) is 5.70 Å². The van der Waals surface area contributed by atoms with E-state index >= 15 is 0 Å². The minimum absolute atomic E-state index is 0.174. The lowest BCUT2D eigenvalue weighted by Crippen LogP contribution is -2.16. The van der Waals surface area contributed by atoms with Crippen molar-refractivity contribution in [2.24, 2.45) is 10.7 Å². The standard InChI is InChI=1S/C9H9FN2/c1-2-5-12-7-3-4-8(10)9(11)6-7/h1,3-4,6,8H,5,11H2. The molecule has 0 saturated heterocycles. The number of aliphatic imine (C=N–C) groups is 1. The zero-order valence-electron chi connectivity index (χ0n) is 6.50. The normalized spacial score (nSPS) is 25.2. The van der Waals surface area contributed by atoms with E-state index < -0.39 is 6.17 Å². The molecule has 0 aliphatic heterocycles. The van der Waals surface area contributed by atoms with E-state index in [0.717, 1.165) is 0 Å². The lowest BCUT2D eigenvalue weighted by atomic mass is 10.1. The van der Waals surface area contributed by atoms with Crippen LogP contribution in [0.3, 0.4) is 0 Å². The van der Waals surface area contributed by atoms with Gasteiger partial charge in [0.05, 0.1) is 5.71 Å². The highest BCUT2D eigenvalue weighted by Gasteiger charge is 2.10. The van der Waals surface area contributed by atoms with Crippen LogP contribution in [-0.2, 0) is 0 Å². The fourth-order valence-corrected chi connectivity index (χ4v) is 0.828. The summed E-state index contributed by atoms with van der Waals surface area (Å²) < 4.78 is 12.7. The summed E-state index contributed by atoms with van der Waals surface area (Å²) in [5, 5.41) is 0. The number of allylic oxidation sites excluding steroid dienone is 3. The molecule has 12 heavy (non-hydrogen) atoms. The molecule has 0 heterocycles.